The number of rotatable bonds is 5. The summed E-state index contributed by atoms with van der Waals surface area (Å²) in [6.07, 6.45) is 3.05. The Morgan fingerprint density at radius 3 is 2.84 bits per heavy atom. The van der Waals surface area contributed by atoms with Crippen molar-refractivity contribution >= 4 is 10.0 Å². The van der Waals surface area contributed by atoms with Crippen LogP contribution in [0.2, 0.25) is 0 Å². The lowest BCUT2D eigenvalue weighted by atomic mass is 10.2. The molecule has 0 bridgehead atoms. The number of aromatic amines is 1. The lowest BCUT2D eigenvalue weighted by molar-refractivity contribution is 0.275. The molecule has 1 heterocycles. The number of aromatic nitrogens is 2. The Hall–Kier alpha value is -1.77. The van der Waals surface area contributed by atoms with Crippen LogP contribution < -0.4 is 4.72 Å². The molecule has 0 aliphatic rings. The van der Waals surface area contributed by atoms with E-state index in [1.807, 2.05) is 0 Å². The fraction of sp³-hybridized carbons (Fsp3) is 0.182. The van der Waals surface area contributed by atoms with Crippen molar-refractivity contribution in [3.8, 4) is 0 Å². The predicted molar refractivity (Wildman–Crippen MR) is 64.9 cm³/mol. The quantitative estimate of drug-likeness (QED) is 0.746. The SMILES string of the molecule is O=S(=O)(NCc1cn[nH]c1)c1ccc(F)c(CO)c1. The summed E-state index contributed by atoms with van der Waals surface area (Å²) >= 11 is 0. The molecule has 1 aromatic carbocycles. The largest absolute Gasteiger partial charge is 0.392 e. The minimum atomic E-state index is -3.76. The van der Waals surface area contributed by atoms with Gasteiger partial charge in [0.25, 0.3) is 0 Å². The Bertz CT molecular complexity index is 656. The molecule has 0 amide bonds. The van der Waals surface area contributed by atoms with Gasteiger partial charge in [0, 0.05) is 23.9 Å². The molecule has 6 nitrogen and oxygen atoms in total. The standard InChI is InChI=1S/C11H12FN3O3S/c12-11-2-1-10(3-9(11)7-16)19(17,18)15-6-8-4-13-14-5-8/h1-5,15-16H,6-7H2,(H,13,14). The Balaban J connectivity index is 2.19. The van der Waals surface area contributed by atoms with E-state index in [0.717, 1.165) is 18.2 Å². The van der Waals surface area contributed by atoms with Gasteiger partial charge >= 0.3 is 0 Å². The van der Waals surface area contributed by atoms with E-state index in [-0.39, 0.29) is 17.0 Å². The lowest BCUT2D eigenvalue weighted by Crippen LogP contribution is -2.23. The fourth-order valence-electron chi connectivity index (χ4n) is 1.48. The number of halogens is 1. The van der Waals surface area contributed by atoms with Gasteiger partial charge < -0.3 is 5.11 Å². The fourth-order valence-corrected chi connectivity index (χ4v) is 2.54. The zero-order valence-electron chi connectivity index (χ0n) is 9.80. The topological polar surface area (TPSA) is 95.1 Å². The molecule has 8 heteroatoms. The molecule has 1 aromatic heterocycles. The zero-order chi connectivity index (χ0) is 13.9. The number of nitrogens with zero attached hydrogens (tertiary/aromatic N) is 1. The van der Waals surface area contributed by atoms with Crippen LogP contribution in [-0.2, 0) is 23.2 Å². The van der Waals surface area contributed by atoms with Crippen molar-refractivity contribution in [2.24, 2.45) is 0 Å². The summed E-state index contributed by atoms with van der Waals surface area (Å²) in [7, 11) is -3.76. The van der Waals surface area contributed by atoms with Gasteiger partial charge in [0.15, 0.2) is 0 Å². The van der Waals surface area contributed by atoms with E-state index < -0.39 is 22.4 Å². The number of aliphatic hydroxyl groups is 1. The lowest BCUT2D eigenvalue weighted by Gasteiger charge is -2.07. The van der Waals surface area contributed by atoms with Crippen LogP contribution in [0.25, 0.3) is 0 Å². The Morgan fingerprint density at radius 2 is 2.21 bits per heavy atom. The summed E-state index contributed by atoms with van der Waals surface area (Å²) < 4.78 is 39.5. The van der Waals surface area contributed by atoms with E-state index in [1.54, 1.807) is 6.20 Å². The first kappa shape index (κ1) is 13.7. The van der Waals surface area contributed by atoms with Crippen molar-refractivity contribution in [1.29, 1.82) is 0 Å². The van der Waals surface area contributed by atoms with Crippen LogP contribution in [0.4, 0.5) is 4.39 Å². The highest BCUT2D eigenvalue weighted by Crippen LogP contribution is 2.15. The van der Waals surface area contributed by atoms with E-state index in [2.05, 4.69) is 14.9 Å². The van der Waals surface area contributed by atoms with Crippen LogP contribution in [0.5, 0.6) is 0 Å². The van der Waals surface area contributed by atoms with E-state index in [0.29, 0.717) is 5.56 Å². The summed E-state index contributed by atoms with van der Waals surface area (Å²) in [5.41, 5.74) is 0.610. The summed E-state index contributed by atoms with van der Waals surface area (Å²) in [6, 6.07) is 3.26. The predicted octanol–water partition coefficient (Wildman–Crippen LogP) is 0.520. The summed E-state index contributed by atoms with van der Waals surface area (Å²) in [4.78, 5) is -0.0959. The van der Waals surface area contributed by atoms with Gasteiger partial charge in [0.1, 0.15) is 5.82 Å². The normalized spacial score (nSPS) is 11.7. The molecule has 102 valence electrons. The van der Waals surface area contributed by atoms with Crippen LogP contribution in [0, 0.1) is 5.82 Å². The summed E-state index contributed by atoms with van der Waals surface area (Å²) in [5.74, 6) is -0.642. The van der Waals surface area contributed by atoms with Gasteiger partial charge in [0.05, 0.1) is 17.7 Å². The first-order valence-corrected chi connectivity index (χ1v) is 6.88. The highest BCUT2D eigenvalue weighted by Gasteiger charge is 2.16. The Kier molecular flexibility index (Phi) is 3.93. The minimum absolute atomic E-state index is 0.0637. The van der Waals surface area contributed by atoms with Crippen molar-refractivity contribution in [1.82, 2.24) is 14.9 Å². The first-order valence-electron chi connectivity index (χ1n) is 5.39. The van der Waals surface area contributed by atoms with E-state index in [9.17, 15) is 12.8 Å². The van der Waals surface area contributed by atoms with E-state index in [4.69, 9.17) is 5.11 Å². The molecule has 2 rings (SSSR count). The van der Waals surface area contributed by atoms with E-state index >= 15 is 0 Å². The molecule has 19 heavy (non-hydrogen) atoms. The molecule has 0 unspecified atom stereocenters. The maximum Gasteiger partial charge on any atom is 0.240 e. The molecule has 2 aromatic rings. The average molecular weight is 285 g/mol. The third-order valence-corrected chi connectivity index (χ3v) is 3.92. The average Bonchev–Trinajstić information content (AvgIpc) is 2.90. The smallest absolute Gasteiger partial charge is 0.240 e. The summed E-state index contributed by atoms with van der Waals surface area (Å²) in [5, 5.41) is 15.2. The molecule has 3 N–H and O–H groups in total. The monoisotopic (exact) mass is 285 g/mol. The molecule has 0 spiro atoms. The summed E-state index contributed by atoms with van der Waals surface area (Å²) in [6.45, 7) is -0.485. The van der Waals surface area contributed by atoms with Gasteiger partial charge in [-0.1, -0.05) is 0 Å². The first-order chi connectivity index (χ1) is 9.03. The minimum Gasteiger partial charge on any atom is -0.392 e. The maximum absolute atomic E-state index is 13.2. The molecule has 0 saturated carbocycles. The Morgan fingerprint density at radius 1 is 1.42 bits per heavy atom. The number of hydrogen-bond acceptors (Lipinski definition) is 4. The number of nitrogens with one attached hydrogen (secondary N) is 2. The van der Waals surface area contributed by atoms with Crippen LogP contribution in [-0.4, -0.2) is 23.7 Å². The van der Waals surface area contributed by atoms with Gasteiger partial charge in [-0.2, -0.15) is 5.10 Å². The van der Waals surface area contributed by atoms with Crippen LogP contribution in [0.15, 0.2) is 35.5 Å². The van der Waals surface area contributed by atoms with Gasteiger partial charge in [-0.15, -0.1) is 0 Å². The second-order valence-corrected chi connectivity index (χ2v) is 5.61. The van der Waals surface area contributed by atoms with Crippen molar-refractivity contribution < 1.29 is 17.9 Å². The van der Waals surface area contributed by atoms with Crippen LogP contribution in [0.1, 0.15) is 11.1 Å². The maximum atomic E-state index is 13.2. The second kappa shape index (κ2) is 5.47. The van der Waals surface area contributed by atoms with E-state index in [1.165, 1.54) is 6.20 Å². The Labute approximate surface area is 109 Å². The zero-order valence-corrected chi connectivity index (χ0v) is 10.6. The number of sulfonamides is 1. The third-order valence-electron chi connectivity index (χ3n) is 2.52. The van der Waals surface area contributed by atoms with Crippen LogP contribution in [0.3, 0.4) is 0 Å². The molecule has 0 radical (unpaired) electrons. The van der Waals surface area contributed by atoms with Crippen molar-refractivity contribution in [2.45, 2.75) is 18.0 Å². The number of benzene rings is 1. The highest BCUT2D eigenvalue weighted by atomic mass is 32.2. The second-order valence-electron chi connectivity index (χ2n) is 3.84. The molecule has 0 aliphatic heterocycles. The number of H-pyrrole nitrogens is 1. The van der Waals surface area contributed by atoms with Gasteiger partial charge in [-0.25, -0.2) is 17.5 Å². The number of aliphatic hydroxyl groups excluding tert-OH is 1. The van der Waals surface area contributed by atoms with Crippen molar-refractivity contribution in [2.75, 3.05) is 0 Å². The van der Waals surface area contributed by atoms with Gasteiger partial charge in [-0.3, -0.25) is 5.10 Å². The number of hydrogen-bond donors (Lipinski definition) is 3. The highest BCUT2D eigenvalue weighted by molar-refractivity contribution is 7.89. The molecule has 0 fully saturated rings. The third kappa shape index (κ3) is 3.16. The van der Waals surface area contributed by atoms with Crippen molar-refractivity contribution in [3.63, 3.8) is 0 Å². The molecule has 0 atom stereocenters. The molecular weight excluding hydrogens is 273 g/mol. The van der Waals surface area contributed by atoms with Crippen LogP contribution >= 0.6 is 0 Å². The van der Waals surface area contributed by atoms with Crippen molar-refractivity contribution in [3.05, 3.63) is 47.5 Å². The van der Waals surface area contributed by atoms with Gasteiger partial charge in [-0.05, 0) is 18.2 Å². The molecule has 0 saturated heterocycles. The molecule has 0 aliphatic carbocycles. The molecular formula is C11H12FN3O3S. The van der Waals surface area contributed by atoms with Gasteiger partial charge in [0.2, 0.25) is 10.0 Å².